The normalized spacial score (nSPS) is 15.7. The number of anilines is 1. The Balaban J connectivity index is 1.36. The fraction of sp³-hybridized carbons (Fsp3) is 0.238. The molecule has 0 unspecified atom stereocenters. The van der Waals surface area contributed by atoms with Crippen LogP contribution in [0.1, 0.15) is 5.56 Å². The van der Waals surface area contributed by atoms with Gasteiger partial charge in [-0.3, -0.25) is 4.98 Å². The van der Waals surface area contributed by atoms with Crippen molar-refractivity contribution in [2.75, 3.05) is 31.1 Å². The summed E-state index contributed by atoms with van der Waals surface area (Å²) >= 11 is 0. The van der Waals surface area contributed by atoms with Crippen molar-refractivity contribution in [2.45, 2.75) is 11.1 Å². The van der Waals surface area contributed by atoms with E-state index >= 15 is 0 Å². The lowest BCUT2D eigenvalue weighted by Crippen LogP contribution is -2.49. The van der Waals surface area contributed by atoms with Gasteiger partial charge in [0.1, 0.15) is 0 Å². The van der Waals surface area contributed by atoms with Crippen molar-refractivity contribution >= 4 is 21.7 Å². The highest BCUT2D eigenvalue weighted by atomic mass is 32.2. The van der Waals surface area contributed by atoms with Crippen LogP contribution in [-0.2, 0) is 16.2 Å². The van der Waals surface area contributed by atoms with Crippen LogP contribution in [0.2, 0.25) is 0 Å². The number of hydrogen-bond donors (Lipinski definition) is 0. The Kier molecular flexibility index (Phi) is 5.44. The molecule has 34 heavy (non-hydrogen) atoms. The van der Waals surface area contributed by atoms with Gasteiger partial charge in [0.25, 0.3) is 5.78 Å². The highest BCUT2D eigenvalue weighted by Crippen LogP contribution is 2.31. The number of halogens is 3. The first kappa shape index (κ1) is 22.2. The minimum absolute atomic E-state index is 0.0804. The van der Waals surface area contributed by atoms with Crippen molar-refractivity contribution in [1.82, 2.24) is 28.9 Å². The number of benzene rings is 1. The van der Waals surface area contributed by atoms with Crippen LogP contribution in [0.4, 0.5) is 19.1 Å². The molecule has 0 atom stereocenters. The smallest absolute Gasteiger partial charge is 0.337 e. The lowest BCUT2D eigenvalue weighted by Gasteiger charge is -2.33. The number of rotatable bonds is 4. The zero-order valence-corrected chi connectivity index (χ0v) is 18.4. The minimum Gasteiger partial charge on any atom is -0.337 e. The van der Waals surface area contributed by atoms with E-state index in [9.17, 15) is 21.6 Å². The maximum atomic E-state index is 13.0. The summed E-state index contributed by atoms with van der Waals surface area (Å²) in [5.74, 6) is 0.773. The first-order valence-electron chi connectivity index (χ1n) is 10.3. The van der Waals surface area contributed by atoms with Crippen LogP contribution in [0.3, 0.4) is 0 Å². The Morgan fingerprint density at radius 2 is 1.74 bits per heavy atom. The third-order valence-electron chi connectivity index (χ3n) is 5.51. The quantitative estimate of drug-likeness (QED) is 0.435. The average Bonchev–Trinajstić information content (AvgIpc) is 3.29. The molecule has 0 spiro atoms. The highest BCUT2D eigenvalue weighted by Gasteiger charge is 2.34. The molecule has 1 aliphatic heterocycles. The van der Waals surface area contributed by atoms with E-state index in [1.807, 2.05) is 17.0 Å². The Hall–Kier alpha value is -3.58. The van der Waals surface area contributed by atoms with E-state index in [1.165, 1.54) is 10.4 Å². The molecule has 1 saturated heterocycles. The summed E-state index contributed by atoms with van der Waals surface area (Å²) in [7, 11) is -4.08. The maximum Gasteiger partial charge on any atom is 0.416 e. The molecule has 176 valence electrons. The van der Waals surface area contributed by atoms with Gasteiger partial charge in [-0.05, 0) is 36.4 Å². The number of nitrogens with zero attached hydrogens (tertiary/aromatic N) is 7. The molecule has 5 rings (SSSR count). The number of fused-ring (bicyclic) bond motifs is 1. The van der Waals surface area contributed by atoms with E-state index in [0.29, 0.717) is 17.8 Å². The number of aromatic nitrogens is 5. The van der Waals surface area contributed by atoms with Gasteiger partial charge >= 0.3 is 6.18 Å². The van der Waals surface area contributed by atoms with Gasteiger partial charge in [0.15, 0.2) is 0 Å². The van der Waals surface area contributed by atoms with E-state index < -0.39 is 21.8 Å². The molecule has 1 aromatic carbocycles. The summed E-state index contributed by atoms with van der Waals surface area (Å²) in [6, 6.07) is 9.27. The minimum atomic E-state index is -4.62. The van der Waals surface area contributed by atoms with E-state index in [1.54, 1.807) is 29.2 Å². The molecule has 0 radical (unpaired) electrons. The van der Waals surface area contributed by atoms with E-state index in [0.717, 1.165) is 23.4 Å². The van der Waals surface area contributed by atoms with Crippen molar-refractivity contribution in [3.8, 4) is 11.3 Å². The lowest BCUT2D eigenvalue weighted by atomic mass is 10.2. The zero-order chi connectivity index (χ0) is 23.9. The molecular formula is C21H18F3N7O2S. The number of piperazine rings is 1. The Morgan fingerprint density at radius 3 is 2.44 bits per heavy atom. The molecule has 0 bridgehead atoms. The molecule has 1 fully saturated rings. The maximum absolute atomic E-state index is 13.0. The molecular weight excluding hydrogens is 471 g/mol. The van der Waals surface area contributed by atoms with Gasteiger partial charge in [-0.1, -0.05) is 6.07 Å². The second-order valence-corrected chi connectivity index (χ2v) is 9.55. The summed E-state index contributed by atoms with van der Waals surface area (Å²) < 4.78 is 67.7. The van der Waals surface area contributed by atoms with Crippen LogP contribution < -0.4 is 4.90 Å². The third-order valence-corrected chi connectivity index (χ3v) is 7.40. The van der Waals surface area contributed by atoms with E-state index in [2.05, 4.69) is 20.1 Å². The topological polar surface area (TPSA) is 96.6 Å². The summed E-state index contributed by atoms with van der Waals surface area (Å²) in [6.45, 7) is 0.711. The fourth-order valence-electron chi connectivity index (χ4n) is 3.76. The van der Waals surface area contributed by atoms with Crippen molar-refractivity contribution in [1.29, 1.82) is 0 Å². The first-order valence-corrected chi connectivity index (χ1v) is 11.7. The molecule has 0 N–H and O–H groups in total. The average molecular weight is 489 g/mol. The first-order chi connectivity index (χ1) is 16.2. The van der Waals surface area contributed by atoms with Crippen LogP contribution in [0.5, 0.6) is 0 Å². The highest BCUT2D eigenvalue weighted by molar-refractivity contribution is 7.89. The monoisotopic (exact) mass is 489 g/mol. The van der Waals surface area contributed by atoms with Crippen LogP contribution in [0, 0.1) is 0 Å². The SMILES string of the molecule is O=S(=O)(c1cccc(C(F)(F)F)c1)N1CCN(c2nc3nccc(-c4cccnc4)n3n2)CC1. The predicted molar refractivity (Wildman–Crippen MR) is 116 cm³/mol. The van der Waals surface area contributed by atoms with Crippen molar-refractivity contribution in [3.63, 3.8) is 0 Å². The van der Waals surface area contributed by atoms with Crippen molar-refractivity contribution < 1.29 is 21.6 Å². The van der Waals surface area contributed by atoms with Crippen LogP contribution >= 0.6 is 0 Å². The summed E-state index contributed by atoms with van der Waals surface area (Å²) in [6.07, 6.45) is 0.368. The van der Waals surface area contributed by atoms with Gasteiger partial charge < -0.3 is 4.90 Å². The van der Waals surface area contributed by atoms with Crippen LogP contribution in [-0.4, -0.2) is 63.5 Å². The summed E-state index contributed by atoms with van der Waals surface area (Å²) in [4.78, 5) is 14.3. The largest absolute Gasteiger partial charge is 0.416 e. The Labute approximate surface area is 192 Å². The molecule has 1 aliphatic rings. The van der Waals surface area contributed by atoms with Gasteiger partial charge in [-0.25, -0.2) is 13.4 Å². The van der Waals surface area contributed by atoms with Gasteiger partial charge in [-0.15, -0.1) is 5.10 Å². The number of sulfonamides is 1. The molecule has 9 nitrogen and oxygen atoms in total. The summed E-state index contributed by atoms with van der Waals surface area (Å²) in [5.41, 5.74) is 0.587. The number of pyridine rings is 1. The molecule has 3 aromatic heterocycles. The molecule has 0 saturated carbocycles. The second kappa shape index (κ2) is 8.33. The second-order valence-electron chi connectivity index (χ2n) is 7.61. The zero-order valence-electron chi connectivity index (χ0n) is 17.6. The standard InChI is InChI=1S/C21H18F3N7O2S/c22-21(23,24)16-4-1-5-17(13-16)34(32,33)30-11-9-29(10-12-30)20-27-19-26-8-6-18(31(19)28-20)15-3-2-7-25-14-15/h1-8,13-14H,9-12H2. The van der Waals surface area contributed by atoms with Crippen LogP contribution in [0.15, 0.2) is 66.0 Å². The summed E-state index contributed by atoms with van der Waals surface area (Å²) in [5, 5.41) is 4.54. The Bertz CT molecular complexity index is 1430. The van der Waals surface area contributed by atoms with Gasteiger partial charge in [-0.2, -0.15) is 27.0 Å². The fourth-order valence-corrected chi connectivity index (χ4v) is 5.23. The lowest BCUT2D eigenvalue weighted by molar-refractivity contribution is -0.137. The molecule has 4 heterocycles. The van der Waals surface area contributed by atoms with Gasteiger partial charge in [0, 0.05) is 50.3 Å². The van der Waals surface area contributed by atoms with Crippen LogP contribution in [0.25, 0.3) is 17.0 Å². The molecule has 0 aliphatic carbocycles. The number of alkyl halides is 3. The van der Waals surface area contributed by atoms with Gasteiger partial charge in [0.2, 0.25) is 16.0 Å². The van der Waals surface area contributed by atoms with E-state index in [4.69, 9.17) is 0 Å². The van der Waals surface area contributed by atoms with Gasteiger partial charge in [0.05, 0.1) is 16.2 Å². The third kappa shape index (κ3) is 4.07. The van der Waals surface area contributed by atoms with Crippen molar-refractivity contribution in [2.24, 2.45) is 0 Å². The predicted octanol–water partition coefficient (Wildman–Crippen LogP) is 2.72. The Morgan fingerprint density at radius 1 is 0.941 bits per heavy atom. The molecule has 4 aromatic rings. The van der Waals surface area contributed by atoms with Crippen molar-refractivity contribution in [3.05, 3.63) is 66.6 Å². The molecule has 13 heteroatoms. The molecule has 0 amide bonds. The number of hydrogen-bond acceptors (Lipinski definition) is 7. The van der Waals surface area contributed by atoms with E-state index in [-0.39, 0.29) is 31.1 Å².